The van der Waals surface area contributed by atoms with Gasteiger partial charge in [-0.2, -0.15) is 8.61 Å². The first-order valence-corrected chi connectivity index (χ1v) is 13.5. The van der Waals surface area contributed by atoms with Gasteiger partial charge in [0.05, 0.1) is 30.5 Å². The predicted molar refractivity (Wildman–Crippen MR) is 121 cm³/mol. The van der Waals surface area contributed by atoms with Gasteiger partial charge in [-0.05, 0) is 37.1 Å². The fourth-order valence-electron chi connectivity index (χ4n) is 3.48. The maximum Gasteiger partial charge on any atom is 0.243 e. The molecule has 9 nitrogen and oxygen atoms in total. The summed E-state index contributed by atoms with van der Waals surface area (Å²) in [6.07, 6.45) is 2.48. The number of rotatable bonds is 9. The summed E-state index contributed by atoms with van der Waals surface area (Å²) in [5, 5.41) is 2.52. The first-order chi connectivity index (χ1) is 15.5. The molecule has 0 unspecified atom stereocenters. The smallest absolute Gasteiger partial charge is 0.243 e. The molecule has 1 heterocycles. The molecule has 0 aliphatic carbocycles. The van der Waals surface area contributed by atoms with Gasteiger partial charge in [-0.1, -0.05) is 18.2 Å². The Bertz CT molecular complexity index is 1230. The molecular weight excluding hydrogens is 473 g/mol. The number of methoxy groups -OCH3 is 1. The molecule has 0 saturated carbocycles. The van der Waals surface area contributed by atoms with Crippen molar-refractivity contribution in [3.63, 3.8) is 0 Å². The third kappa shape index (κ3) is 6.08. The van der Waals surface area contributed by atoms with Gasteiger partial charge in [0.1, 0.15) is 11.6 Å². The van der Waals surface area contributed by atoms with Crippen LogP contribution in [0, 0.1) is 5.82 Å². The molecule has 0 bridgehead atoms. The summed E-state index contributed by atoms with van der Waals surface area (Å²) in [6, 6.07) is 9.78. The Morgan fingerprint density at radius 1 is 1.12 bits per heavy atom. The van der Waals surface area contributed by atoms with Crippen molar-refractivity contribution in [3.8, 4) is 5.75 Å². The Kier molecular flexibility index (Phi) is 7.73. The monoisotopic (exact) mass is 499 g/mol. The van der Waals surface area contributed by atoms with Crippen LogP contribution in [-0.4, -0.2) is 64.4 Å². The zero-order valence-electron chi connectivity index (χ0n) is 18.3. The van der Waals surface area contributed by atoms with Gasteiger partial charge in [0, 0.05) is 25.2 Å². The lowest BCUT2D eigenvalue weighted by atomic mass is 10.2. The highest BCUT2D eigenvalue weighted by molar-refractivity contribution is 7.89. The molecule has 180 valence electrons. The van der Waals surface area contributed by atoms with Crippen molar-refractivity contribution < 1.29 is 30.8 Å². The van der Waals surface area contributed by atoms with Crippen molar-refractivity contribution in [1.82, 2.24) is 8.61 Å². The van der Waals surface area contributed by atoms with Crippen LogP contribution in [0.25, 0.3) is 0 Å². The van der Waals surface area contributed by atoms with Crippen LogP contribution < -0.4 is 10.1 Å². The van der Waals surface area contributed by atoms with Crippen LogP contribution in [0.1, 0.15) is 18.4 Å². The van der Waals surface area contributed by atoms with Crippen molar-refractivity contribution in [3.05, 3.63) is 53.8 Å². The molecule has 0 atom stereocenters. The maximum atomic E-state index is 14.0. The third-order valence-electron chi connectivity index (χ3n) is 5.24. The van der Waals surface area contributed by atoms with E-state index in [0.717, 1.165) is 23.4 Å². The number of anilines is 1. The molecule has 12 heteroatoms. The van der Waals surface area contributed by atoms with Crippen LogP contribution in [0.4, 0.5) is 10.1 Å². The predicted octanol–water partition coefficient (Wildman–Crippen LogP) is 2.02. The van der Waals surface area contributed by atoms with Crippen LogP contribution in [0.15, 0.2) is 47.4 Å². The van der Waals surface area contributed by atoms with Crippen LogP contribution in [-0.2, 0) is 31.4 Å². The molecule has 2 aromatic carbocycles. The molecule has 0 aromatic heterocycles. The molecule has 1 saturated heterocycles. The molecular formula is C21H26FN3O6S2. The number of carbonyl (C=O) groups is 1. The van der Waals surface area contributed by atoms with E-state index in [9.17, 15) is 26.0 Å². The fraction of sp³-hybridized carbons (Fsp3) is 0.381. The second-order valence-electron chi connectivity index (χ2n) is 7.64. The van der Waals surface area contributed by atoms with Gasteiger partial charge in [-0.3, -0.25) is 4.79 Å². The number of hydrogen-bond acceptors (Lipinski definition) is 6. The minimum absolute atomic E-state index is 0.00757. The van der Waals surface area contributed by atoms with E-state index in [1.807, 2.05) is 0 Å². The summed E-state index contributed by atoms with van der Waals surface area (Å²) in [6.45, 7) is -0.0797. The second kappa shape index (κ2) is 10.2. The zero-order valence-corrected chi connectivity index (χ0v) is 20.0. The molecule has 1 amide bonds. The van der Waals surface area contributed by atoms with Crippen LogP contribution in [0.3, 0.4) is 0 Å². The van der Waals surface area contributed by atoms with Gasteiger partial charge in [0.15, 0.2) is 0 Å². The van der Waals surface area contributed by atoms with E-state index in [-0.39, 0.29) is 28.4 Å². The lowest BCUT2D eigenvalue weighted by molar-refractivity contribution is -0.116. The van der Waals surface area contributed by atoms with E-state index in [1.165, 1.54) is 47.8 Å². The minimum Gasteiger partial charge on any atom is -0.495 e. The first-order valence-electron chi connectivity index (χ1n) is 10.2. The Balaban J connectivity index is 1.82. The molecule has 0 spiro atoms. The molecule has 1 aliphatic rings. The quantitative estimate of drug-likeness (QED) is 0.565. The molecule has 3 rings (SSSR count). The normalized spacial score (nSPS) is 15.0. The highest BCUT2D eigenvalue weighted by Crippen LogP contribution is 2.30. The maximum absolute atomic E-state index is 14.0. The number of carbonyl (C=O) groups excluding carboxylic acids is 1. The van der Waals surface area contributed by atoms with Gasteiger partial charge >= 0.3 is 0 Å². The van der Waals surface area contributed by atoms with Crippen LogP contribution in [0.2, 0.25) is 0 Å². The van der Waals surface area contributed by atoms with Gasteiger partial charge in [-0.25, -0.2) is 21.2 Å². The molecule has 33 heavy (non-hydrogen) atoms. The number of ether oxygens (including phenoxy) is 1. The largest absolute Gasteiger partial charge is 0.495 e. The summed E-state index contributed by atoms with van der Waals surface area (Å²) in [4.78, 5) is 12.7. The van der Waals surface area contributed by atoms with E-state index >= 15 is 0 Å². The molecule has 0 radical (unpaired) electrons. The molecule has 2 aromatic rings. The Labute approximate surface area is 193 Å². The van der Waals surface area contributed by atoms with E-state index in [2.05, 4.69) is 5.32 Å². The van der Waals surface area contributed by atoms with E-state index in [4.69, 9.17) is 4.74 Å². The van der Waals surface area contributed by atoms with E-state index in [0.29, 0.717) is 13.1 Å². The highest BCUT2D eigenvalue weighted by Gasteiger charge is 2.28. The summed E-state index contributed by atoms with van der Waals surface area (Å²) >= 11 is 0. The molecule has 1 fully saturated rings. The van der Waals surface area contributed by atoms with E-state index < -0.39 is 38.3 Å². The van der Waals surface area contributed by atoms with Crippen LogP contribution in [0.5, 0.6) is 5.75 Å². The lowest BCUT2D eigenvalue weighted by Crippen LogP contribution is -2.37. The Hall–Kier alpha value is -2.54. The lowest BCUT2D eigenvalue weighted by Gasteiger charge is -2.21. The summed E-state index contributed by atoms with van der Waals surface area (Å²) in [5.74, 6) is -1.11. The van der Waals surface area contributed by atoms with Crippen LogP contribution >= 0.6 is 0 Å². The second-order valence-corrected chi connectivity index (χ2v) is 11.6. The number of nitrogens with zero attached hydrogens (tertiary/aromatic N) is 2. The number of nitrogens with one attached hydrogen (secondary N) is 1. The average molecular weight is 500 g/mol. The standard InChI is InChI=1S/C21H26FN3O6S2/c1-31-20-10-9-17(33(29,30)24-11-5-6-12-24)13-19(20)23-21(26)15-25(32(2,27)28)14-16-7-3-4-8-18(16)22/h3-4,7-10,13H,5-6,11-12,14-15H2,1-2H3,(H,23,26). The summed E-state index contributed by atoms with van der Waals surface area (Å²) in [7, 11) is -6.23. The highest BCUT2D eigenvalue weighted by atomic mass is 32.2. The van der Waals surface area contributed by atoms with Gasteiger partial charge in [0.2, 0.25) is 26.0 Å². The van der Waals surface area contributed by atoms with Gasteiger partial charge in [0.25, 0.3) is 0 Å². The first kappa shape index (κ1) is 25.1. The Morgan fingerprint density at radius 3 is 2.39 bits per heavy atom. The van der Waals surface area contributed by atoms with E-state index in [1.54, 1.807) is 6.07 Å². The van der Waals surface area contributed by atoms with Crippen molar-refractivity contribution >= 4 is 31.6 Å². The topological polar surface area (TPSA) is 113 Å². The number of hydrogen-bond donors (Lipinski definition) is 1. The number of sulfonamides is 2. The van der Waals surface area contributed by atoms with Crippen molar-refractivity contribution in [2.75, 3.05) is 38.3 Å². The SMILES string of the molecule is COc1ccc(S(=O)(=O)N2CCCC2)cc1NC(=O)CN(Cc1ccccc1F)S(C)(=O)=O. The zero-order chi connectivity index (χ0) is 24.2. The number of halogens is 1. The van der Waals surface area contributed by atoms with Crippen molar-refractivity contribution in [2.45, 2.75) is 24.3 Å². The molecule has 1 aliphatic heterocycles. The van der Waals surface area contributed by atoms with Gasteiger partial charge < -0.3 is 10.1 Å². The fourth-order valence-corrected chi connectivity index (χ4v) is 5.75. The van der Waals surface area contributed by atoms with Crippen molar-refractivity contribution in [1.29, 1.82) is 0 Å². The number of amides is 1. The average Bonchev–Trinajstić information content (AvgIpc) is 3.30. The third-order valence-corrected chi connectivity index (χ3v) is 8.33. The van der Waals surface area contributed by atoms with Crippen molar-refractivity contribution in [2.24, 2.45) is 0 Å². The minimum atomic E-state index is -3.85. The summed E-state index contributed by atoms with van der Waals surface area (Å²) < 4.78 is 71.6. The molecule has 1 N–H and O–H groups in total. The summed E-state index contributed by atoms with van der Waals surface area (Å²) in [5.41, 5.74) is 0.203. The van der Waals surface area contributed by atoms with Gasteiger partial charge in [-0.15, -0.1) is 0 Å². The number of benzene rings is 2. The Morgan fingerprint density at radius 2 is 1.79 bits per heavy atom.